The van der Waals surface area contributed by atoms with E-state index >= 15 is 0 Å². The summed E-state index contributed by atoms with van der Waals surface area (Å²) >= 11 is 0.895. The number of hydrogen-bond acceptors (Lipinski definition) is 5. The number of amides is 4. The number of nitrogens with zero attached hydrogens (tertiary/aromatic N) is 2. The molecule has 2 aliphatic heterocycles. The summed E-state index contributed by atoms with van der Waals surface area (Å²) in [6.07, 6.45) is 3.80. The minimum absolute atomic E-state index is 0.0396. The zero-order valence-corrected chi connectivity index (χ0v) is 18.9. The van der Waals surface area contributed by atoms with Crippen LogP contribution < -0.4 is 5.32 Å². The highest BCUT2D eigenvalue weighted by Gasteiger charge is 2.36. The average Bonchev–Trinajstić information content (AvgIpc) is 3.09. The Labute approximate surface area is 196 Å². The van der Waals surface area contributed by atoms with Gasteiger partial charge in [0.25, 0.3) is 11.1 Å². The van der Waals surface area contributed by atoms with Gasteiger partial charge in [-0.05, 0) is 41.8 Å². The molecule has 0 bridgehead atoms. The van der Waals surface area contributed by atoms with Crippen LogP contribution in [0.2, 0.25) is 0 Å². The Balaban J connectivity index is 1.41. The highest BCUT2D eigenvalue weighted by atomic mass is 32.2. The first-order valence-electron chi connectivity index (χ1n) is 11.0. The van der Waals surface area contributed by atoms with Crippen LogP contribution in [0.15, 0.2) is 65.6 Å². The van der Waals surface area contributed by atoms with E-state index in [2.05, 4.69) is 5.32 Å². The fourth-order valence-electron chi connectivity index (χ4n) is 3.99. The number of piperidine rings is 1. The molecule has 2 aromatic rings. The number of likely N-dealkylation sites (tertiary alicyclic amines) is 1. The molecular formula is C25H25N3O4S. The minimum atomic E-state index is -0.730. The number of carbonyl (C=O) groups excluding carboxylic acids is 4. The summed E-state index contributed by atoms with van der Waals surface area (Å²) in [6, 6.07) is 17.8. The maximum atomic E-state index is 13.1. The van der Waals surface area contributed by atoms with Gasteiger partial charge in [0.15, 0.2) is 0 Å². The molecule has 2 saturated heterocycles. The SMILES string of the molecule is O=C(NCCN1C(=O)S/C(=C/c2ccccc2)C1=O)C(c1ccccc1)N1CCCCC1=O. The topological polar surface area (TPSA) is 86.8 Å². The van der Waals surface area contributed by atoms with E-state index < -0.39 is 6.04 Å². The maximum absolute atomic E-state index is 13.1. The van der Waals surface area contributed by atoms with Crippen LogP contribution in [-0.2, 0) is 14.4 Å². The van der Waals surface area contributed by atoms with Gasteiger partial charge in [0.05, 0.1) is 4.91 Å². The first-order valence-corrected chi connectivity index (χ1v) is 11.8. The lowest BCUT2D eigenvalue weighted by Gasteiger charge is -2.34. The summed E-state index contributed by atoms with van der Waals surface area (Å²) in [7, 11) is 0. The molecule has 4 amide bonds. The molecule has 7 nitrogen and oxygen atoms in total. The Kier molecular flexibility index (Phi) is 7.24. The predicted molar refractivity (Wildman–Crippen MR) is 127 cm³/mol. The number of rotatable bonds is 7. The second-order valence-corrected chi connectivity index (χ2v) is 8.89. The number of nitrogens with one attached hydrogen (secondary N) is 1. The fraction of sp³-hybridized carbons (Fsp3) is 0.280. The predicted octanol–water partition coefficient (Wildman–Crippen LogP) is 3.59. The molecule has 2 heterocycles. The number of thioether (sulfide) groups is 1. The molecule has 4 rings (SSSR count). The Hall–Kier alpha value is -3.39. The maximum Gasteiger partial charge on any atom is 0.293 e. The first-order chi connectivity index (χ1) is 16.0. The van der Waals surface area contributed by atoms with Gasteiger partial charge in [0.1, 0.15) is 6.04 Å². The van der Waals surface area contributed by atoms with Crippen molar-refractivity contribution in [2.75, 3.05) is 19.6 Å². The number of imide groups is 1. The van der Waals surface area contributed by atoms with Crippen molar-refractivity contribution in [2.45, 2.75) is 25.3 Å². The van der Waals surface area contributed by atoms with Gasteiger partial charge in [-0.1, -0.05) is 60.7 Å². The van der Waals surface area contributed by atoms with Gasteiger partial charge in [-0.3, -0.25) is 24.1 Å². The second-order valence-electron chi connectivity index (χ2n) is 7.89. The lowest BCUT2D eigenvalue weighted by atomic mass is 10.0. The Morgan fingerprint density at radius 1 is 1.00 bits per heavy atom. The van der Waals surface area contributed by atoms with Crippen LogP contribution in [0.1, 0.15) is 36.4 Å². The molecule has 2 fully saturated rings. The summed E-state index contributed by atoms with van der Waals surface area (Å²) in [5, 5.41) is 2.46. The van der Waals surface area contributed by atoms with Crippen molar-refractivity contribution in [3.63, 3.8) is 0 Å². The van der Waals surface area contributed by atoms with Gasteiger partial charge in [-0.15, -0.1) is 0 Å². The molecule has 0 aliphatic carbocycles. The van der Waals surface area contributed by atoms with E-state index in [1.54, 1.807) is 11.0 Å². The highest BCUT2D eigenvalue weighted by Crippen LogP contribution is 2.32. The third-order valence-corrected chi connectivity index (χ3v) is 6.55. The molecular weight excluding hydrogens is 438 g/mol. The van der Waals surface area contributed by atoms with Gasteiger partial charge in [0, 0.05) is 26.1 Å². The lowest BCUT2D eigenvalue weighted by molar-refractivity contribution is -0.142. The average molecular weight is 464 g/mol. The van der Waals surface area contributed by atoms with Crippen molar-refractivity contribution in [1.82, 2.24) is 15.1 Å². The van der Waals surface area contributed by atoms with E-state index in [4.69, 9.17) is 0 Å². The zero-order chi connectivity index (χ0) is 23.2. The van der Waals surface area contributed by atoms with Gasteiger partial charge >= 0.3 is 0 Å². The molecule has 8 heteroatoms. The summed E-state index contributed by atoms with van der Waals surface area (Å²) in [4.78, 5) is 53.8. The van der Waals surface area contributed by atoms with Crippen molar-refractivity contribution in [3.05, 3.63) is 76.7 Å². The molecule has 33 heavy (non-hydrogen) atoms. The summed E-state index contributed by atoms with van der Waals surface area (Å²) in [5.74, 6) is -0.723. The van der Waals surface area contributed by atoms with Crippen molar-refractivity contribution >= 4 is 40.8 Å². The summed E-state index contributed by atoms with van der Waals surface area (Å²) in [6.45, 7) is 0.706. The van der Waals surface area contributed by atoms with Crippen molar-refractivity contribution in [3.8, 4) is 0 Å². The quantitative estimate of drug-likeness (QED) is 0.634. The van der Waals surface area contributed by atoms with Crippen LogP contribution in [-0.4, -0.2) is 52.4 Å². The van der Waals surface area contributed by atoms with Crippen LogP contribution in [0.3, 0.4) is 0 Å². The van der Waals surface area contributed by atoms with E-state index in [0.29, 0.717) is 17.9 Å². The zero-order valence-electron chi connectivity index (χ0n) is 18.1. The molecule has 0 aromatic heterocycles. The molecule has 2 aliphatic rings. The first kappa shape index (κ1) is 22.8. The van der Waals surface area contributed by atoms with Crippen LogP contribution in [0.4, 0.5) is 4.79 Å². The van der Waals surface area contributed by atoms with E-state index in [1.165, 1.54) is 0 Å². The van der Waals surface area contributed by atoms with Gasteiger partial charge in [-0.25, -0.2) is 0 Å². The van der Waals surface area contributed by atoms with Gasteiger partial charge in [0.2, 0.25) is 11.8 Å². The van der Waals surface area contributed by atoms with Gasteiger partial charge in [-0.2, -0.15) is 0 Å². The van der Waals surface area contributed by atoms with E-state index in [9.17, 15) is 19.2 Å². The van der Waals surface area contributed by atoms with E-state index in [0.717, 1.165) is 40.6 Å². The fourth-order valence-corrected chi connectivity index (χ4v) is 4.85. The van der Waals surface area contributed by atoms with Crippen LogP contribution in [0, 0.1) is 0 Å². The van der Waals surface area contributed by atoms with Crippen LogP contribution in [0.25, 0.3) is 6.08 Å². The molecule has 0 spiro atoms. The van der Waals surface area contributed by atoms with Crippen LogP contribution >= 0.6 is 11.8 Å². The van der Waals surface area contributed by atoms with Crippen molar-refractivity contribution < 1.29 is 19.2 Å². The molecule has 2 aromatic carbocycles. The summed E-state index contributed by atoms with van der Waals surface area (Å²) < 4.78 is 0. The van der Waals surface area contributed by atoms with Crippen LogP contribution in [0.5, 0.6) is 0 Å². The van der Waals surface area contributed by atoms with Crippen molar-refractivity contribution in [1.29, 1.82) is 0 Å². The third kappa shape index (κ3) is 5.34. The number of hydrogen-bond donors (Lipinski definition) is 1. The third-order valence-electron chi connectivity index (χ3n) is 5.64. The largest absolute Gasteiger partial charge is 0.352 e. The highest BCUT2D eigenvalue weighted by molar-refractivity contribution is 8.18. The minimum Gasteiger partial charge on any atom is -0.352 e. The number of benzene rings is 2. The monoisotopic (exact) mass is 463 g/mol. The Morgan fingerprint density at radius 3 is 2.39 bits per heavy atom. The molecule has 1 atom stereocenters. The van der Waals surface area contributed by atoms with E-state index in [1.807, 2.05) is 60.7 Å². The Bertz CT molecular complexity index is 1070. The molecule has 170 valence electrons. The lowest BCUT2D eigenvalue weighted by Crippen LogP contribution is -2.47. The smallest absolute Gasteiger partial charge is 0.293 e. The standard InChI is InChI=1S/C25H25N3O4S/c29-21-13-7-8-15-27(21)22(19-11-5-2-6-12-19)23(30)26-14-16-28-24(31)20(33-25(28)32)17-18-9-3-1-4-10-18/h1-6,9-12,17,22H,7-8,13-16H2,(H,26,30)/b20-17+. The Morgan fingerprint density at radius 2 is 1.70 bits per heavy atom. The van der Waals surface area contributed by atoms with Crippen molar-refractivity contribution in [2.24, 2.45) is 0 Å². The molecule has 1 N–H and O–H groups in total. The number of carbonyl (C=O) groups is 4. The van der Waals surface area contributed by atoms with E-state index in [-0.39, 0.29) is 36.1 Å². The van der Waals surface area contributed by atoms with Gasteiger partial charge < -0.3 is 10.2 Å². The molecule has 0 saturated carbocycles. The molecule has 0 radical (unpaired) electrons. The molecule has 1 unspecified atom stereocenters. The second kappa shape index (κ2) is 10.5. The summed E-state index contributed by atoms with van der Waals surface area (Å²) in [5.41, 5.74) is 1.58. The normalized spacial score (nSPS) is 18.7.